The van der Waals surface area contributed by atoms with Crippen molar-refractivity contribution in [1.82, 2.24) is 9.80 Å². The molecular weight excluding hydrogens is 356 g/mol. The second kappa shape index (κ2) is 9.22. The molecule has 1 aromatic rings. The van der Waals surface area contributed by atoms with Crippen LogP contribution < -0.4 is 0 Å². The van der Waals surface area contributed by atoms with Crippen LogP contribution in [0.2, 0.25) is 0 Å². The molecule has 0 atom stereocenters. The van der Waals surface area contributed by atoms with Crippen LogP contribution in [-0.2, 0) is 16.0 Å². The van der Waals surface area contributed by atoms with Crippen molar-refractivity contribution in [2.24, 2.45) is 11.8 Å². The third-order valence-electron chi connectivity index (χ3n) is 6.12. The van der Waals surface area contributed by atoms with Crippen molar-refractivity contribution in [2.45, 2.75) is 45.4 Å². The fourth-order valence-corrected chi connectivity index (χ4v) is 4.09. The predicted octanol–water partition coefficient (Wildman–Crippen LogP) is 2.81. The Morgan fingerprint density at radius 1 is 0.929 bits per heavy atom. The van der Waals surface area contributed by atoms with Gasteiger partial charge in [-0.2, -0.15) is 0 Å². The smallest absolute Gasteiger partial charge is 0.335 e. The molecule has 0 radical (unpaired) electrons. The van der Waals surface area contributed by atoms with Crippen molar-refractivity contribution in [3.63, 3.8) is 0 Å². The summed E-state index contributed by atoms with van der Waals surface area (Å²) in [6, 6.07) is 6.67. The van der Waals surface area contributed by atoms with Crippen LogP contribution in [0.15, 0.2) is 24.3 Å². The highest BCUT2D eigenvalue weighted by molar-refractivity contribution is 5.87. The number of hydrogen-bond donors (Lipinski definition) is 1. The summed E-state index contributed by atoms with van der Waals surface area (Å²) in [7, 11) is 0. The fourth-order valence-electron chi connectivity index (χ4n) is 4.09. The van der Waals surface area contributed by atoms with Crippen LogP contribution in [0.4, 0.5) is 0 Å². The summed E-state index contributed by atoms with van der Waals surface area (Å²) >= 11 is 0. The fraction of sp³-hybridized carbons (Fsp3) is 0.591. The van der Waals surface area contributed by atoms with Gasteiger partial charge < -0.3 is 14.9 Å². The molecule has 6 heteroatoms. The highest BCUT2D eigenvalue weighted by atomic mass is 16.4. The zero-order chi connectivity index (χ0) is 20.1. The van der Waals surface area contributed by atoms with Crippen LogP contribution in [0, 0.1) is 11.8 Å². The van der Waals surface area contributed by atoms with E-state index in [1.165, 1.54) is 0 Å². The average molecular weight is 386 g/mol. The van der Waals surface area contributed by atoms with E-state index in [0.29, 0.717) is 31.8 Å². The first-order valence-corrected chi connectivity index (χ1v) is 10.3. The SMILES string of the molecule is CC1CCN(C(=O)C2CCN(C(=O)CCc3ccc(C(=O)O)cc3)CC2)CC1. The lowest BCUT2D eigenvalue weighted by atomic mass is 9.92. The molecule has 2 fully saturated rings. The summed E-state index contributed by atoms with van der Waals surface area (Å²) in [5.74, 6) is 0.210. The van der Waals surface area contributed by atoms with Crippen molar-refractivity contribution in [3.05, 3.63) is 35.4 Å². The van der Waals surface area contributed by atoms with Gasteiger partial charge in [-0.05, 0) is 55.7 Å². The zero-order valence-electron chi connectivity index (χ0n) is 16.6. The topological polar surface area (TPSA) is 77.9 Å². The van der Waals surface area contributed by atoms with E-state index in [-0.39, 0.29) is 23.3 Å². The van der Waals surface area contributed by atoms with Gasteiger partial charge >= 0.3 is 5.97 Å². The normalized spacial score (nSPS) is 18.9. The number of hydrogen-bond acceptors (Lipinski definition) is 3. The summed E-state index contributed by atoms with van der Waals surface area (Å²) in [6.45, 7) is 5.29. The van der Waals surface area contributed by atoms with Crippen LogP contribution in [0.5, 0.6) is 0 Å². The maximum atomic E-state index is 12.7. The highest BCUT2D eigenvalue weighted by Gasteiger charge is 2.31. The standard InChI is InChI=1S/C22H30N2O4/c1-16-8-12-24(13-9-16)21(26)18-10-14-23(15-11-18)20(25)7-4-17-2-5-19(6-3-17)22(27)28/h2-3,5-6,16,18H,4,7-15H2,1H3,(H,27,28). The first kappa shape index (κ1) is 20.4. The minimum atomic E-state index is -0.945. The first-order chi connectivity index (χ1) is 13.4. The molecule has 152 valence electrons. The molecule has 2 saturated heterocycles. The molecule has 2 aliphatic rings. The lowest BCUT2D eigenvalue weighted by Crippen LogP contribution is -2.46. The molecule has 6 nitrogen and oxygen atoms in total. The van der Waals surface area contributed by atoms with Gasteiger partial charge in [0.1, 0.15) is 0 Å². The van der Waals surface area contributed by atoms with Crippen molar-refractivity contribution < 1.29 is 19.5 Å². The Morgan fingerprint density at radius 2 is 1.50 bits per heavy atom. The lowest BCUT2D eigenvalue weighted by molar-refractivity contribution is -0.141. The van der Waals surface area contributed by atoms with Gasteiger partial charge in [0.15, 0.2) is 0 Å². The Bertz CT molecular complexity index is 700. The van der Waals surface area contributed by atoms with E-state index in [2.05, 4.69) is 6.92 Å². The largest absolute Gasteiger partial charge is 0.478 e. The number of likely N-dealkylation sites (tertiary alicyclic amines) is 2. The third kappa shape index (κ3) is 5.12. The molecule has 28 heavy (non-hydrogen) atoms. The van der Waals surface area contributed by atoms with E-state index in [1.54, 1.807) is 24.3 Å². The van der Waals surface area contributed by atoms with E-state index in [1.807, 2.05) is 9.80 Å². The van der Waals surface area contributed by atoms with Gasteiger partial charge in [-0.3, -0.25) is 9.59 Å². The Balaban J connectivity index is 1.42. The van der Waals surface area contributed by atoms with Crippen LogP contribution in [0.1, 0.15) is 54.9 Å². The molecule has 2 aliphatic heterocycles. The summed E-state index contributed by atoms with van der Waals surface area (Å²) < 4.78 is 0. The lowest BCUT2D eigenvalue weighted by Gasteiger charge is -2.36. The first-order valence-electron chi connectivity index (χ1n) is 10.3. The molecule has 2 amide bonds. The van der Waals surface area contributed by atoms with E-state index < -0.39 is 5.97 Å². The molecular formula is C22H30N2O4. The number of rotatable bonds is 5. The Hall–Kier alpha value is -2.37. The van der Waals surface area contributed by atoms with E-state index in [0.717, 1.165) is 44.3 Å². The summed E-state index contributed by atoms with van der Waals surface area (Å²) in [5.41, 5.74) is 1.22. The quantitative estimate of drug-likeness (QED) is 0.844. The number of aryl methyl sites for hydroxylation is 1. The Labute approximate surface area is 166 Å². The van der Waals surface area contributed by atoms with Gasteiger partial charge in [0.2, 0.25) is 11.8 Å². The number of carbonyl (C=O) groups excluding carboxylic acids is 2. The number of aromatic carboxylic acids is 1. The number of carboxylic acid groups (broad SMARTS) is 1. The molecule has 0 aliphatic carbocycles. The highest BCUT2D eigenvalue weighted by Crippen LogP contribution is 2.24. The van der Waals surface area contributed by atoms with Gasteiger partial charge in [0.25, 0.3) is 0 Å². The predicted molar refractivity (Wildman–Crippen MR) is 106 cm³/mol. The van der Waals surface area contributed by atoms with Crippen LogP contribution in [0.25, 0.3) is 0 Å². The van der Waals surface area contributed by atoms with Crippen LogP contribution in [0.3, 0.4) is 0 Å². The molecule has 1 aromatic carbocycles. The van der Waals surface area contributed by atoms with Gasteiger partial charge in [0.05, 0.1) is 5.56 Å². The van der Waals surface area contributed by atoms with E-state index >= 15 is 0 Å². The summed E-state index contributed by atoms with van der Waals surface area (Å²) in [5, 5.41) is 8.93. The van der Waals surface area contributed by atoms with Crippen molar-refractivity contribution >= 4 is 17.8 Å². The Morgan fingerprint density at radius 3 is 2.07 bits per heavy atom. The maximum absolute atomic E-state index is 12.7. The number of benzene rings is 1. The molecule has 0 spiro atoms. The van der Waals surface area contributed by atoms with Gasteiger partial charge in [0, 0.05) is 38.5 Å². The zero-order valence-corrected chi connectivity index (χ0v) is 16.6. The monoisotopic (exact) mass is 386 g/mol. The van der Waals surface area contributed by atoms with Gasteiger partial charge in [-0.15, -0.1) is 0 Å². The van der Waals surface area contributed by atoms with Crippen molar-refractivity contribution in [1.29, 1.82) is 0 Å². The number of amides is 2. The average Bonchev–Trinajstić information content (AvgIpc) is 2.72. The minimum Gasteiger partial charge on any atom is -0.478 e. The second-order valence-corrected chi connectivity index (χ2v) is 8.16. The number of carbonyl (C=O) groups is 3. The molecule has 2 heterocycles. The maximum Gasteiger partial charge on any atom is 0.335 e. The summed E-state index contributed by atoms with van der Waals surface area (Å²) in [6.07, 6.45) is 4.71. The third-order valence-corrected chi connectivity index (χ3v) is 6.12. The minimum absolute atomic E-state index is 0.0565. The molecule has 0 unspecified atom stereocenters. The van der Waals surface area contributed by atoms with E-state index in [4.69, 9.17) is 5.11 Å². The number of nitrogens with zero attached hydrogens (tertiary/aromatic N) is 2. The van der Waals surface area contributed by atoms with Crippen molar-refractivity contribution in [3.8, 4) is 0 Å². The van der Waals surface area contributed by atoms with E-state index in [9.17, 15) is 14.4 Å². The van der Waals surface area contributed by atoms with Gasteiger partial charge in [-0.1, -0.05) is 19.1 Å². The second-order valence-electron chi connectivity index (χ2n) is 8.16. The molecule has 0 saturated carbocycles. The molecule has 3 rings (SSSR count). The molecule has 0 aromatic heterocycles. The summed E-state index contributed by atoms with van der Waals surface area (Å²) in [4.78, 5) is 40.0. The van der Waals surface area contributed by atoms with Gasteiger partial charge in [-0.25, -0.2) is 4.79 Å². The Kier molecular flexibility index (Phi) is 6.70. The van der Waals surface area contributed by atoms with Crippen LogP contribution >= 0.6 is 0 Å². The number of carboxylic acids is 1. The molecule has 1 N–H and O–H groups in total. The van der Waals surface area contributed by atoms with Crippen LogP contribution in [-0.4, -0.2) is 58.9 Å². The molecule has 0 bridgehead atoms. The van der Waals surface area contributed by atoms with Crippen molar-refractivity contribution in [2.75, 3.05) is 26.2 Å². The number of piperidine rings is 2.